The number of amides is 6. The number of phenols is 1. The number of guanidine groups is 1. The quantitative estimate of drug-likeness (QED) is 0.0290. The van der Waals surface area contributed by atoms with Crippen LogP contribution < -0.4 is 38.9 Å². The predicted molar refractivity (Wildman–Crippen MR) is 208 cm³/mol. The Hall–Kier alpha value is -5.54. The highest BCUT2D eigenvalue weighted by Crippen LogP contribution is 2.25. The van der Waals surface area contributed by atoms with Crippen LogP contribution in [0.4, 0.5) is 0 Å². The first-order valence-corrected chi connectivity index (χ1v) is 18.3. The highest BCUT2D eigenvalue weighted by molar-refractivity contribution is 5.96. The van der Waals surface area contributed by atoms with Gasteiger partial charge >= 0.3 is 5.97 Å². The van der Waals surface area contributed by atoms with Gasteiger partial charge in [0.05, 0.1) is 6.10 Å². The van der Waals surface area contributed by atoms with Crippen molar-refractivity contribution in [3.63, 3.8) is 0 Å². The maximum Gasteiger partial charge on any atom is 0.326 e. The van der Waals surface area contributed by atoms with Crippen LogP contribution in [0.1, 0.15) is 71.5 Å². The molecule has 0 aliphatic carbocycles. The molecule has 0 unspecified atom stereocenters. The summed E-state index contributed by atoms with van der Waals surface area (Å²) in [6.07, 6.45) is -2.95. The van der Waals surface area contributed by atoms with E-state index >= 15 is 0 Å². The third-order valence-corrected chi connectivity index (χ3v) is 9.13. The lowest BCUT2D eigenvalue weighted by Crippen LogP contribution is -2.60. The third-order valence-electron chi connectivity index (χ3n) is 9.13. The Morgan fingerprint density at radius 3 is 1.89 bits per heavy atom. The molecule has 320 valence electrons. The molecule has 0 heterocycles. The second kappa shape index (κ2) is 23.5. The normalized spacial score (nSPS) is 15.3. The van der Waals surface area contributed by atoms with E-state index in [0.29, 0.717) is 5.56 Å². The zero-order valence-electron chi connectivity index (χ0n) is 33.5. The number of carbonyl (C=O) groups is 7. The van der Waals surface area contributed by atoms with Gasteiger partial charge in [0.2, 0.25) is 35.4 Å². The van der Waals surface area contributed by atoms with Gasteiger partial charge < -0.3 is 68.7 Å². The minimum atomic E-state index is -1.60. The number of rotatable bonds is 24. The first kappa shape index (κ1) is 49.5. The summed E-state index contributed by atoms with van der Waals surface area (Å²) in [5.74, 6) is -6.89. The summed E-state index contributed by atoms with van der Waals surface area (Å²) in [6.45, 7) is 6.21. The number of nitrogens with zero attached hydrogens (tertiary/aromatic N) is 3. The molecule has 21 heteroatoms. The highest BCUT2D eigenvalue weighted by atomic mass is 16.5. The van der Waals surface area contributed by atoms with Crippen molar-refractivity contribution in [1.29, 1.82) is 0 Å². The van der Waals surface area contributed by atoms with E-state index in [1.54, 1.807) is 13.8 Å². The molecule has 0 saturated heterocycles. The van der Waals surface area contributed by atoms with Gasteiger partial charge in [-0.25, -0.2) is 4.79 Å². The molecule has 1 aromatic rings. The molecule has 1 rings (SSSR count). The van der Waals surface area contributed by atoms with Crippen molar-refractivity contribution in [2.24, 2.45) is 33.8 Å². The smallest absolute Gasteiger partial charge is 0.326 e. The minimum absolute atomic E-state index is 0.00495. The van der Waals surface area contributed by atoms with E-state index in [9.17, 15) is 48.9 Å². The number of methoxy groups -OCH3 is 1. The standard InChI is InChI=1S/C36H60N10O11/c1-18(2)17-24(43-30(50)23(9-8-16-41-36(39)40)42-32(52)27(38)20(4)47)33(53)46(6)25(14-15-26(37)49)31(51)44-28(34(54)45(5)19(3)35(55)56)29(57-7)21-10-12-22(48)13-11-21/h10-13,18-20,23-25,27-29,47-48H,8-9,14-17,38H2,1-7H3,(H2,37,49)(H,42,52)(H,43,50)(H,44,51)(H,55,56)(H4,39,40,41)/t19-,20+,23+,24-,25-,27-,28+,29+/m0/s1. The summed E-state index contributed by atoms with van der Waals surface area (Å²) >= 11 is 0. The van der Waals surface area contributed by atoms with Gasteiger partial charge in [0.25, 0.3) is 0 Å². The number of phenolic OH excluding ortho intramolecular Hbond substituents is 1. The average Bonchev–Trinajstić information content (AvgIpc) is 3.13. The van der Waals surface area contributed by atoms with Crippen LogP contribution in [-0.4, -0.2) is 143 Å². The molecule has 14 N–H and O–H groups in total. The maximum absolute atomic E-state index is 14.3. The molecule has 0 spiro atoms. The molecule has 0 aromatic heterocycles. The van der Waals surface area contributed by atoms with Crippen molar-refractivity contribution in [2.75, 3.05) is 27.7 Å². The molecule has 1 aromatic carbocycles. The van der Waals surface area contributed by atoms with Crippen molar-refractivity contribution in [3.8, 4) is 5.75 Å². The van der Waals surface area contributed by atoms with E-state index in [0.717, 1.165) is 9.80 Å². The van der Waals surface area contributed by atoms with Gasteiger partial charge in [-0.15, -0.1) is 0 Å². The molecular weight excluding hydrogens is 748 g/mol. The summed E-state index contributed by atoms with van der Waals surface area (Å²) in [5.41, 5.74) is 22.3. The summed E-state index contributed by atoms with van der Waals surface area (Å²) in [5, 5.41) is 37.0. The topological polar surface area (TPSA) is 348 Å². The Morgan fingerprint density at radius 2 is 1.40 bits per heavy atom. The lowest BCUT2D eigenvalue weighted by molar-refractivity contribution is -0.152. The number of carboxylic acid groups (broad SMARTS) is 1. The predicted octanol–water partition coefficient (Wildman–Crippen LogP) is -2.63. The van der Waals surface area contributed by atoms with Crippen molar-refractivity contribution in [1.82, 2.24) is 25.8 Å². The number of hydrogen-bond acceptors (Lipinski definition) is 12. The largest absolute Gasteiger partial charge is 0.508 e. The number of aliphatic carboxylic acids is 1. The first-order chi connectivity index (χ1) is 26.5. The third kappa shape index (κ3) is 15.9. The molecule has 8 atom stereocenters. The fourth-order valence-electron chi connectivity index (χ4n) is 5.62. The molecule has 0 aliphatic rings. The number of likely N-dealkylation sites (N-methyl/N-ethyl adjacent to an activating group) is 2. The number of carboxylic acids is 1. The lowest BCUT2D eigenvalue weighted by atomic mass is 9.98. The molecule has 0 aliphatic heterocycles. The summed E-state index contributed by atoms with van der Waals surface area (Å²) < 4.78 is 5.62. The van der Waals surface area contributed by atoms with Gasteiger partial charge in [0, 0.05) is 34.2 Å². The number of primary amides is 1. The van der Waals surface area contributed by atoms with Crippen LogP contribution in [0.15, 0.2) is 29.3 Å². The zero-order chi connectivity index (χ0) is 43.7. The lowest BCUT2D eigenvalue weighted by Gasteiger charge is -2.35. The van der Waals surface area contributed by atoms with Crippen LogP contribution in [0.5, 0.6) is 5.75 Å². The van der Waals surface area contributed by atoms with Gasteiger partial charge in [-0.05, 0) is 63.1 Å². The van der Waals surface area contributed by atoms with Gasteiger partial charge in [-0.2, -0.15) is 0 Å². The summed E-state index contributed by atoms with van der Waals surface area (Å²) in [4.78, 5) is 98.4. The molecule has 21 nitrogen and oxygen atoms in total. The van der Waals surface area contributed by atoms with E-state index in [4.69, 9.17) is 27.7 Å². The second-order valence-corrected chi connectivity index (χ2v) is 14.1. The number of benzene rings is 1. The molecule has 0 radical (unpaired) electrons. The zero-order valence-corrected chi connectivity index (χ0v) is 33.5. The number of aliphatic hydroxyl groups is 1. The maximum atomic E-state index is 14.3. The minimum Gasteiger partial charge on any atom is -0.508 e. The number of carbonyl (C=O) groups excluding carboxylic acids is 6. The Bertz CT molecular complexity index is 1570. The molecule has 57 heavy (non-hydrogen) atoms. The number of aliphatic imine (C=N–C) groups is 1. The van der Waals surface area contributed by atoms with E-state index in [2.05, 4.69) is 20.9 Å². The van der Waals surface area contributed by atoms with Crippen LogP contribution in [0, 0.1) is 5.92 Å². The van der Waals surface area contributed by atoms with Gasteiger partial charge in [0.1, 0.15) is 48.1 Å². The highest BCUT2D eigenvalue weighted by Gasteiger charge is 2.40. The summed E-state index contributed by atoms with van der Waals surface area (Å²) in [7, 11) is 3.73. The van der Waals surface area contributed by atoms with Crippen molar-refractivity contribution >= 4 is 47.4 Å². The van der Waals surface area contributed by atoms with Crippen molar-refractivity contribution in [3.05, 3.63) is 29.8 Å². The Balaban J connectivity index is 3.63. The molecule has 0 fully saturated rings. The number of aromatic hydroxyl groups is 1. The SMILES string of the molecule is CO[C@H](c1ccc(O)cc1)[C@@H](NC(=O)[C@H](CCC(N)=O)N(C)C(=O)[C@H](CC(C)C)NC(=O)[C@@H](CCCN=C(N)N)NC(=O)[C@@H](N)[C@@H](C)O)C(=O)N(C)[C@@H](C)C(=O)O. The number of aliphatic hydroxyl groups excluding tert-OH is 1. The molecular formula is C36H60N10O11. The van der Waals surface area contributed by atoms with Crippen molar-refractivity contribution in [2.45, 2.75) is 108 Å². The Morgan fingerprint density at radius 1 is 0.825 bits per heavy atom. The van der Waals surface area contributed by atoms with E-state index in [1.165, 1.54) is 59.3 Å². The number of ether oxygens (including phenoxy) is 1. The number of nitrogens with two attached hydrogens (primary N) is 4. The first-order valence-electron chi connectivity index (χ1n) is 18.3. The monoisotopic (exact) mass is 808 g/mol. The molecule has 0 bridgehead atoms. The van der Waals surface area contributed by atoms with Crippen LogP contribution in [-0.2, 0) is 38.3 Å². The second-order valence-electron chi connectivity index (χ2n) is 14.1. The fourth-order valence-corrected chi connectivity index (χ4v) is 5.62. The van der Waals surface area contributed by atoms with E-state index < -0.39 is 89.9 Å². The van der Waals surface area contributed by atoms with Gasteiger partial charge in [-0.1, -0.05) is 26.0 Å². The number of nitrogens with one attached hydrogen (secondary N) is 3. The van der Waals surface area contributed by atoms with E-state index in [-0.39, 0.29) is 56.3 Å². The van der Waals surface area contributed by atoms with E-state index in [1.807, 2.05) is 0 Å². The Labute approximate surface area is 331 Å². The average molecular weight is 809 g/mol. The van der Waals surface area contributed by atoms with Gasteiger partial charge in [-0.3, -0.25) is 33.8 Å². The van der Waals surface area contributed by atoms with Crippen LogP contribution >= 0.6 is 0 Å². The van der Waals surface area contributed by atoms with Gasteiger partial charge in [0.15, 0.2) is 5.96 Å². The fraction of sp³-hybridized carbons (Fsp3) is 0.611. The summed E-state index contributed by atoms with van der Waals surface area (Å²) in [6, 6.07) is -2.84. The van der Waals surface area contributed by atoms with Crippen LogP contribution in [0.25, 0.3) is 0 Å². The molecule has 6 amide bonds. The van der Waals surface area contributed by atoms with Crippen LogP contribution in [0.2, 0.25) is 0 Å². The van der Waals surface area contributed by atoms with Crippen molar-refractivity contribution < 1.29 is 53.6 Å². The Kier molecular flexibility index (Phi) is 20.4. The number of hydrogen-bond donors (Lipinski definition) is 10. The van der Waals surface area contributed by atoms with Crippen LogP contribution in [0.3, 0.4) is 0 Å². The molecule has 0 saturated carbocycles.